The van der Waals surface area contributed by atoms with Crippen molar-refractivity contribution in [2.24, 2.45) is 17.3 Å². The molecule has 1 aromatic heterocycles. The van der Waals surface area contributed by atoms with E-state index in [2.05, 4.69) is 37.9 Å². The number of hydrogen-bond acceptors (Lipinski definition) is 4. The molecule has 1 radical (unpaired) electrons. The second kappa shape index (κ2) is 18.7. The topological polar surface area (TPSA) is 74.0 Å². The number of carbonyl (C=O) groups excluding carboxylic acids is 1. The third kappa shape index (κ3) is 11.4. The maximum absolute atomic E-state index is 15.3. The fraction of sp³-hybridized carbons (Fsp3) is 0.432. The largest absolute Gasteiger partial charge is 0.512 e. The molecule has 1 N–H and O–H groups in total. The average Bonchev–Trinajstić information content (AvgIpc) is 3.04. The summed E-state index contributed by atoms with van der Waals surface area (Å²) in [5.41, 5.74) is 2.77. The van der Waals surface area contributed by atoms with Crippen molar-refractivity contribution in [2.75, 3.05) is 0 Å². The Morgan fingerprint density at radius 2 is 1.49 bits per heavy atom. The van der Waals surface area contributed by atoms with Crippen molar-refractivity contribution in [3.63, 3.8) is 0 Å². The van der Waals surface area contributed by atoms with Gasteiger partial charge in [-0.05, 0) is 60.6 Å². The first-order chi connectivity index (χ1) is 23.5. The molecular weight excluding hydrogens is 819 g/mol. The fourth-order valence-corrected chi connectivity index (χ4v) is 6.26. The van der Waals surface area contributed by atoms with Crippen LogP contribution in [0.1, 0.15) is 112 Å². The Morgan fingerprint density at radius 3 is 2.00 bits per heavy atom. The summed E-state index contributed by atoms with van der Waals surface area (Å²) in [6.07, 6.45) is 6.82. The molecule has 0 aliphatic rings. The van der Waals surface area contributed by atoms with Crippen molar-refractivity contribution in [1.29, 1.82) is 5.26 Å². The first-order valence-electron chi connectivity index (χ1n) is 17.8. The summed E-state index contributed by atoms with van der Waals surface area (Å²) in [6, 6.07) is 19.8. The molecule has 4 aromatic rings. The van der Waals surface area contributed by atoms with E-state index in [1.807, 2.05) is 78.8 Å². The van der Waals surface area contributed by atoms with Gasteiger partial charge in [0.25, 0.3) is 0 Å². The molecule has 7 heteroatoms. The molecule has 51 heavy (non-hydrogen) atoms. The van der Waals surface area contributed by atoms with E-state index in [-0.39, 0.29) is 71.0 Å². The van der Waals surface area contributed by atoms with Crippen LogP contribution in [0.3, 0.4) is 0 Å². The second-order valence-corrected chi connectivity index (χ2v) is 15.3. The van der Waals surface area contributed by atoms with Gasteiger partial charge in [0.05, 0.1) is 16.9 Å². The summed E-state index contributed by atoms with van der Waals surface area (Å²) in [5, 5.41) is 21.5. The van der Waals surface area contributed by atoms with Crippen LogP contribution in [-0.2, 0) is 36.7 Å². The number of halogens is 2. The first kappa shape index (κ1) is 43.4. The molecule has 0 atom stereocenters. The maximum atomic E-state index is 15.3. The normalized spacial score (nSPS) is 12.0. The Kier molecular flexibility index (Phi) is 15.9. The molecule has 4 rings (SSSR count). The Labute approximate surface area is 317 Å². The number of pyridine rings is 1. The van der Waals surface area contributed by atoms with Gasteiger partial charge < -0.3 is 5.11 Å². The van der Waals surface area contributed by atoms with Crippen molar-refractivity contribution in [3.8, 4) is 28.5 Å². The molecule has 3 aromatic carbocycles. The summed E-state index contributed by atoms with van der Waals surface area (Å²) < 4.78 is 30.5. The number of allylic oxidation sites excluding steroid dienone is 2. The molecule has 0 spiro atoms. The minimum atomic E-state index is -0.684. The first-order valence-corrected chi connectivity index (χ1v) is 17.8. The third-order valence-corrected chi connectivity index (χ3v) is 9.07. The van der Waals surface area contributed by atoms with E-state index in [0.29, 0.717) is 23.2 Å². The summed E-state index contributed by atoms with van der Waals surface area (Å²) in [5.74, 6) is -0.822. The van der Waals surface area contributed by atoms with Gasteiger partial charge in [-0.15, -0.1) is 29.1 Å². The average molecular weight is 872 g/mol. The molecule has 275 valence electrons. The van der Waals surface area contributed by atoms with E-state index in [9.17, 15) is 15.2 Å². The van der Waals surface area contributed by atoms with Crippen molar-refractivity contribution >= 4 is 16.6 Å². The Bertz CT molecular complexity index is 1850. The number of fused-ring (bicyclic) bond motifs is 1. The summed E-state index contributed by atoms with van der Waals surface area (Å²) in [7, 11) is 0. The van der Waals surface area contributed by atoms with Gasteiger partial charge in [0.2, 0.25) is 0 Å². The zero-order valence-electron chi connectivity index (χ0n) is 31.8. The van der Waals surface area contributed by atoms with Crippen LogP contribution in [0.25, 0.3) is 33.2 Å². The molecule has 0 aliphatic carbocycles. The van der Waals surface area contributed by atoms with Crippen molar-refractivity contribution in [3.05, 3.63) is 101 Å². The van der Waals surface area contributed by atoms with Gasteiger partial charge in [0.15, 0.2) is 5.78 Å². The summed E-state index contributed by atoms with van der Waals surface area (Å²) >= 11 is 0. The Morgan fingerprint density at radius 1 is 0.922 bits per heavy atom. The van der Waals surface area contributed by atoms with Crippen molar-refractivity contribution < 1.29 is 38.8 Å². The van der Waals surface area contributed by atoms with Crippen LogP contribution in [0, 0.1) is 46.3 Å². The Hall–Kier alpha value is -3.72. The van der Waals surface area contributed by atoms with Crippen molar-refractivity contribution in [1.82, 2.24) is 4.98 Å². The quantitative estimate of drug-likeness (QED) is 0.0979. The van der Waals surface area contributed by atoms with E-state index in [1.165, 1.54) is 24.4 Å². The number of nitrogens with zero attached hydrogens (tertiary/aromatic N) is 2. The predicted molar refractivity (Wildman–Crippen MR) is 202 cm³/mol. The minimum absolute atomic E-state index is 0. The number of nitriles is 1. The van der Waals surface area contributed by atoms with E-state index in [4.69, 9.17) is 0 Å². The number of hydrogen-bond donors (Lipinski definition) is 1. The third-order valence-electron chi connectivity index (χ3n) is 9.07. The van der Waals surface area contributed by atoms with Gasteiger partial charge in [-0.3, -0.25) is 9.78 Å². The van der Waals surface area contributed by atoms with E-state index >= 15 is 8.78 Å². The second-order valence-electron chi connectivity index (χ2n) is 15.3. The predicted octanol–water partition coefficient (Wildman–Crippen LogP) is 12.3. The Balaban J connectivity index is 0.000000479. The van der Waals surface area contributed by atoms with E-state index < -0.39 is 11.6 Å². The molecule has 1 heterocycles. The molecule has 0 saturated carbocycles. The number of carbonyl (C=O) groups is 1. The van der Waals surface area contributed by atoms with Crippen LogP contribution in [0.4, 0.5) is 8.78 Å². The van der Waals surface area contributed by atoms with Gasteiger partial charge in [-0.1, -0.05) is 104 Å². The molecule has 4 nitrogen and oxygen atoms in total. The summed E-state index contributed by atoms with van der Waals surface area (Å²) in [4.78, 5) is 16.2. The number of benzene rings is 3. The van der Waals surface area contributed by atoms with Crippen LogP contribution < -0.4 is 0 Å². The molecule has 0 saturated heterocycles. The van der Waals surface area contributed by atoms with Gasteiger partial charge in [-0.2, -0.15) is 5.26 Å². The number of aliphatic hydroxyl groups excluding tert-OH is 1. The number of aromatic nitrogens is 1. The van der Waals surface area contributed by atoms with Gasteiger partial charge in [-0.25, -0.2) is 8.78 Å². The molecule has 0 bridgehead atoms. The van der Waals surface area contributed by atoms with Crippen molar-refractivity contribution in [2.45, 2.75) is 107 Å². The maximum Gasteiger partial charge on any atom is 0.162 e. The monoisotopic (exact) mass is 872 g/mol. The molecule has 0 amide bonds. The van der Waals surface area contributed by atoms with Crippen LogP contribution in [0.5, 0.6) is 0 Å². The number of ketones is 1. The van der Waals surface area contributed by atoms with Crippen LogP contribution in [-0.4, -0.2) is 15.9 Å². The van der Waals surface area contributed by atoms with Crippen LogP contribution >= 0.6 is 0 Å². The SMILES string of the molecule is CC(C)(C)Cc1cc(F)c(-c2cc(-c3[c-]c4ccccc4c(C(C)(C)C)c3)ncc2C#N)c(F)c1.CCC(CC)C(=O)/C=C(\O)C(CC)CC.[Ir]. The minimum Gasteiger partial charge on any atom is -0.512 e. The van der Waals surface area contributed by atoms with Gasteiger partial charge in [0, 0.05) is 55.5 Å². The van der Waals surface area contributed by atoms with Crippen LogP contribution in [0.2, 0.25) is 0 Å². The number of aliphatic hydroxyl groups is 1. The standard InChI is InChI=1S/C31H29F2N2.C13H24O2.Ir/c1-30(2,3)16-19-11-26(32)29(27(33)12-19)24-15-28(35-18-22(24)17-34)21-13-20-9-7-8-10-23(20)25(14-21)31(4,5)6;1-5-10(6-2)12(14)9-13(15)11(7-3)8-4;/h7-12,14-15,18H,16H2,1-6H3;9-11,14H,5-8H2,1-4H3;/q-1;;/b;12-9-;. The van der Waals surface area contributed by atoms with E-state index in [1.54, 1.807) is 6.07 Å². The van der Waals surface area contributed by atoms with Gasteiger partial charge in [0.1, 0.15) is 17.7 Å². The number of rotatable bonds is 10. The zero-order valence-corrected chi connectivity index (χ0v) is 34.2. The zero-order chi connectivity index (χ0) is 37.4. The van der Waals surface area contributed by atoms with Crippen LogP contribution in [0.15, 0.2) is 66.6 Å². The van der Waals surface area contributed by atoms with E-state index in [0.717, 1.165) is 42.0 Å². The molecular formula is C44H53F2IrN2O2-. The van der Waals surface area contributed by atoms with Gasteiger partial charge >= 0.3 is 0 Å². The summed E-state index contributed by atoms with van der Waals surface area (Å²) in [6.45, 7) is 20.5. The fourth-order valence-electron chi connectivity index (χ4n) is 6.26. The molecule has 0 unspecified atom stereocenters. The molecule has 0 aliphatic heterocycles. The smallest absolute Gasteiger partial charge is 0.162 e. The molecule has 0 fully saturated rings.